The molecule has 0 aliphatic heterocycles. The van der Waals surface area contributed by atoms with Crippen LogP contribution in [0.3, 0.4) is 0 Å². The molecule has 1 aromatic rings. The van der Waals surface area contributed by atoms with Gasteiger partial charge >= 0.3 is 0 Å². The maximum atomic E-state index is 6.65. The Kier molecular flexibility index (Phi) is 61.0. The van der Waals surface area contributed by atoms with Crippen molar-refractivity contribution in [2.75, 3.05) is 19.8 Å². The van der Waals surface area contributed by atoms with Gasteiger partial charge in [0.1, 0.15) is 0 Å². The summed E-state index contributed by atoms with van der Waals surface area (Å²) in [7, 11) is 0. The molecule has 3 nitrogen and oxygen atoms in total. The summed E-state index contributed by atoms with van der Waals surface area (Å²) in [5.74, 6) is 2.68. The van der Waals surface area contributed by atoms with E-state index in [4.69, 9.17) is 14.2 Å². The summed E-state index contributed by atoms with van der Waals surface area (Å²) in [5, 5.41) is 0. The molecule has 0 N–H and O–H groups in total. The van der Waals surface area contributed by atoms with Crippen molar-refractivity contribution in [2.24, 2.45) is 0 Å². The van der Waals surface area contributed by atoms with Crippen LogP contribution >= 0.6 is 0 Å². The van der Waals surface area contributed by atoms with Gasteiger partial charge in [-0.25, -0.2) is 0 Å². The lowest BCUT2D eigenvalue weighted by atomic mass is 10.0. The van der Waals surface area contributed by atoms with E-state index in [1.54, 1.807) is 0 Å². The third-order valence-electron chi connectivity index (χ3n) is 17.2. The lowest BCUT2D eigenvalue weighted by Crippen LogP contribution is -2.07. The minimum Gasteiger partial charge on any atom is -0.490 e. The van der Waals surface area contributed by atoms with E-state index in [1.165, 1.54) is 372 Å². The van der Waals surface area contributed by atoms with E-state index in [-0.39, 0.29) is 0 Å². The third-order valence-corrected chi connectivity index (χ3v) is 17.2. The standard InChI is InChI=1S/C74H142O3/c1-5-9-12-15-18-21-24-27-30-33-36-39-42-45-48-51-54-57-60-63-66-75-72-69-71(8-4)70-73(76-67-64-61-58-55-52-49-46-43-40-37-34-31-28-25-22-19-16-13-10-6-2)74(72)77-68-65-62-59-56-53-50-47-44-41-38-35-32-29-26-23-20-17-14-11-7-3/h69-70H,5-68H2,1-4H3. The van der Waals surface area contributed by atoms with Crippen molar-refractivity contribution in [1.29, 1.82) is 0 Å². The minimum atomic E-state index is 0.746. The van der Waals surface area contributed by atoms with Gasteiger partial charge in [-0.3, -0.25) is 0 Å². The van der Waals surface area contributed by atoms with Crippen LogP contribution in [0.15, 0.2) is 12.1 Å². The Morgan fingerprint density at radius 3 is 0.519 bits per heavy atom. The van der Waals surface area contributed by atoms with Gasteiger partial charge in [0.25, 0.3) is 0 Å². The average Bonchev–Trinajstić information content (AvgIpc) is 3.44. The van der Waals surface area contributed by atoms with E-state index in [1.807, 2.05) is 0 Å². The molecule has 0 heterocycles. The first kappa shape index (κ1) is 73.6. The van der Waals surface area contributed by atoms with Crippen LogP contribution in [0.25, 0.3) is 0 Å². The molecule has 0 radical (unpaired) electrons. The van der Waals surface area contributed by atoms with Crippen LogP contribution < -0.4 is 14.2 Å². The lowest BCUT2D eigenvalue weighted by Gasteiger charge is -2.19. The Labute approximate surface area is 486 Å². The number of unbranched alkanes of at least 4 members (excludes halogenated alkanes) is 57. The molecule has 0 bridgehead atoms. The van der Waals surface area contributed by atoms with Gasteiger partial charge in [0, 0.05) is 0 Å². The molecule has 3 heteroatoms. The zero-order valence-electron chi connectivity index (χ0n) is 53.6. The summed E-state index contributed by atoms with van der Waals surface area (Å²) < 4.78 is 19.8. The first-order chi connectivity index (χ1) is 38.3. The van der Waals surface area contributed by atoms with Crippen LogP contribution in [-0.2, 0) is 6.42 Å². The van der Waals surface area contributed by atoms with Crippen molar-refractivity contribution in [3.8, 4) is 17.2 Å². The van der Waals surface area contributed by atoms with Crippen molar-refractivity contribution in [2.45, 2.75) is 419 Å². The van der Waals surface area contributed by atoms with Crippen molar-refractivity contribution in [3.63, 3.8) is 0 Å². The summed E-state index contributed by atoms with van der Waals surface area (Å²) in [6.45, 7) is 11.5. The molecule has 0 aliphatic rings. The number of benzene rings is 1. The SMILES string of the molecule is CCCCCCCCCCCCCCCCCCCCCCOc1cc(CC)cc(OCCCCCCCCCCCCCCCCCCCCCC)c1OCCCCCCCCCCCCCCCCCCCCCC. The monoisotopic (exact) mass is 1080 g/mol. The van der Waals surface area contributed by atoms with Gasteiger partial charge in [0.2, 0.25) is 5.75 Å². The van der Waals surface area contributed by atoms with E-state index in [0.717, 1.165) is 62.8 Å². The lowest BCUT2D eigenvalue weighted by molar-refractivity contribution is 0.234. The number of hydrogen-bond acceptors (Lipinski definition) is 3. The topological polar surface area (TPSA) is 27.7 Å². The third kappa shape index (κ3) is 53.7. The molecule has 0 atom stereocenters. The predicted octanol–water partition coefficient (Wildman–Crippen LogP) is 26.9. The van der Waals surface area contributed by atoms with Crippen LogP contribution in [0.2, 0.25) is 0 Å². The maximum absolute atomic E-state index is 6.65. The Morgan fingerprint density at radius 1 is 0.195 bits per heavy atom. The van der Waals surface area contributed by atoms with Gasteiger partial charge in [-0.15, -0.1) is 0 Å². The molecule has 0 saturated carbocycles. The molecular weight excluding hydrogens is 937 g/mol. The number of ether oxygens (including phenoxy) is 3. The Hall–Kier alpha value is -1.38. The second-order valence-electron chi connectivity index (χ2n) is 25.0. The number of rotatable bonds is 67. The van der Waals surface area contributed by atoms with Crippen molar-refractivity contribution in [1.82, 2.24) is 0 Å². The molecule has 0 spiro atoms. The fraction of sp³-hybridized carbons (Fsp3) is 0.919. The molecule has 0 amide bonds. The fourth-order valence-electron chi connectivity index (χ4n) is 11.8. The first-order valence-corrected chi connectivity index (χ1v) is 36.3. The van der Waals surface area contributed by atoms with E-state index >= 15 is 0 Å². The number of hydrogen-bond donors (Lipinski definition) is 0. The molecule has 1 rings (SSSR count). The molecular formula is C74H142O3. The van der Waals surface area contributed by atoms with Crippen molar-refractivity contribution < 1.29 is 14.2 Å². The number of aryl methyl sites for hydroxylation is 1. The maximum Gasteiger partial charge on any atom is 0.203 e. The van der Waals surface area contributed by atoms with E-state index in [0.29, 0.717) is 0 Å². The summed E-state index contributed by atoms with van der Waals surface area (Å²) in [6.07, 6.45) is 85.4. The van der Waals surface area contributed by atoms with Gasteiger partial charge in [0.05, 0.1) is 19.8 Å². The van der Waals surface area contributed by atoms with Gasteiger partial charge in [-0.05, 0) is 43.4 Å². The van der Waals surface area contributed by atoms with Gasteiger partial charge < -0.3 is 14.2 Å². The van der Waals surface area contributed by atoms with Crippen LogP contribution in [0.1, 0.15) is 419 Å². The fourth-order valence-corrected chi connectivity index (χ4v) is 11.8. The smallest absolute Gasteiger partial charge is 0.203 e. The summed E-state index contributed by atoms with van der Waals surface area (Å²) in [5.41, 5.74) is 1.29. The molecule has 77 heavy (non-hydrogen) atoms. The van der Waals surface area contributed by atoms with Gasteiger partial charge in [-0.2, -0.15) is 0 Å². The second kappa shape index (κ2) is 63.8. The van der Waals surface area contributed by atoms with Crippen LogP contribution in [0.5, 0.6) is 17.2 Å². The quantitative estimate of drug-likeness (QED) is 0.0609. The average molecular weight is 1080 g/mol. The van der Waals surface area contributed by atoms with Crippen molar-refractivity contribution in [3.05, 3.63) is 17.7 Å². The molecule has 0 aliphatic carbocycles. The summed E-state index contributed by atoms with van der Waals surface area (Å²) in [4.78, 5) is 0. The second-order valence-corrected chi connectivity index (χ2v) is 25.0. The Morgan fingerprint density at radius 2 is 0.351 bits per heavy atom. The largest absolute Gasteiger partial charge is 0.490 e. The molecule has 0 saturated heterocycles. The van der Waals surface area contributed by atoms with E-state index in [2.05, 4.69) is 39.8 Å². The van der Waals surface area contributed by atoms with Crippen LogP contribution in [-0.4, -0.2) is 19.8 Å². The predicted molar refractivity (Wildman–Crippen MR) is 346 cm³/mol. The van der Waals surface area contributed by atoms with Gasteiger partial charge in [-0.1, -0.05) is 394 Å². The van der Waals surface area contributed by atoms with Gasteiger partial charge in [0.15, 0.2) is 11.5 Å². The molecule has 456 valence electrons. The molecule has 0 unspecified atom stereocenters. The Bertz CT molecular complexity index is 1180. The minimum absolute atomic E-state index is 0.746. The highest BCUT2D eigenvalue weighted by Crippen LogP contribution is 2.40. The van der Waals surface area contributed by atoms with Crippen LogP contribution in [0.4, 0.5) is 0 Å². The van der Waals surface area contributed by atoms with E-state index in [9.17, 15) is 0 Å². The molecule has 0 fully saturated rings. The highest BCUT2D eigenvalue weighted by molar-refractivity contribution is 5.54. The molecule has 1 aromatic carbocycles. The normalized spacial score (nSPS) is 11.6. The summed E-state index contributed by atoms with van der Waals surface area (Å²) in [6, 6.07) is 4.49. The highest BCUT2D eigenvalue weighted by atomic mass is 16.5. The molecule has 0 aromatic heterocycles. The Balaban J connectivity index is 2.35. The summed E-state index contributed by atoms with van der Waals surface area (Å²) >= 11 is 0. The highest BCUT2D eigenvalue weighted by Gasteiger charge is 2.16. The zero-order valence-corrected chi connectivity index (χ0v) is 53.6. The van der Waals surface area contributed by atoms with E-state index < -0.39 is 0 Å². The zero-order chi connectivity index (χ0) is 55.1. The van der Waals surface area contributed by atoms with Crippen molar-refractivity contribution >= 4 is 0 Å². The first-order valence-electron chi connectivity index (χ1n) is 36.3. The van der Waals surface area contributed by atoms with Crippen LogP contribution in [0, 0.1) is 0 Å².